The topological polar surface area (TPSA) is 34.1 Å². The van der Waals surface area contributed by atoms with Gasteiger partial charge in [-0.05, 0) is 37.5 Å². The van der Waals surface area contributed by atoms with Crippen molar-refractivity contribution < 1.29 is 4.74 Å². The summed E-state index contributed by atoms with van der Waals surface area (Å²) in [7, 11) is 0. The van der Waals surface area contributed by atoms with Crippen LogP contribution in [0.4, 0.5) is 0 Å². The zero-order valence-electron chi connectivity index (χ0n) is 9.45. The molecule has 1 saturated heterocycles. The maximum Gasteiger partial charge on any atom is 0.129 e. The van der Waals surface area contributed by atoms with Crippen molar-refractivity contribution in [2.24, 2.45) is 0 Å². The van der Waals surface area contributed by atoms with Gasteiger partial charge in [-0.25, -0.2) is 4.98 Å². The molecule has 4 heteroatoms. The molecule has 0 bridgehead atoms. The minimum atomic E-state index is 0.282. The van der Waals surface area contributed by atoms with Crippen LogP contribution in [-0.2, 0) is 4.74 Å². The molecule has 88 valence electrons. The Balaban J connectivity index is 1.85. The molecule has 2 atom stereocenters. The standard InChI is InChI=1S/C12H17ClN2O/c1-9(10-4-5-14-12(13)7-10)15-8-11-3-2-6-16-11/h4-5,7,9,11,15H,2-3,6,8H2,1H3. The number of ether oxygens (including phenoxy) is 1. The van der Waals surface area contributed by atoms with E-state index >= 15 is 0 Å². The summed E-state index contributed by atoms with van der Waals surface area (Å²) < 4.78 is 5.56. The molecule has 1 fully saturated rings. The first-order valence-corrected chi connectivity index (χ1v) is 6.10. The molecule has 0 amide bonds. The molecule has 0 saturated carbocycles. The SMILES string of the molecule is CC(NCC1CCCO1)c1ccnc(Cl)c1. The second-order valence-electron chi connectivity index (χ2n) is 4.18. The Kier molecular flexibility index (Phi) is 4.16. The summed E-state index contributed by atoms with van der Waals surface area (Å²) in [6.07, 6.45) is 4.46. The van der Waals surface area contributed by atoms with Crippen LogP contribution in [-0.4, -0.2) is 24.2 Å². The lowest BCUT2D eigenvalue weighted by Crippen LogP contribution is -2.28. The van der Waals surface area contributed by atoms with Crippen molar-refractivity contribution in [1.29, 1.82) is 0 Å². The minimum Gasteiger partial charge on any atom is -0.377 e. The van der Waals surface area contributed by atoms with Gasteiger partial charge in [-0.1, -0.05) is 11.6 Å². The van der Waals surface area contributed by atoms with E-state index in [-0.39, 0.29) is 6.04 Å². The average Bonchev–Trinajstić information content (AvgIpc) is 2.78. The molecule has 0 aromatic carbocycles. The molecular weight excluding hydrogens is 224 g/mol. The van der Waals surface area contributed by atoms with E-state index in [9.17, 15) is 0 Å². The van der Waals surface area contributed by atoms with Gasteiger partial charge in [-0.15, -0.1) is 0 Å². The number of pyridine rings is 1. The van der Waals surface area contributed by atoms with Gasteiger partial charge >= 0.3 is 0 Å². The predicted molar refractivity (Wildman–Crippen MR) is 64.6 cm³/mol. The van der Waals surface area contributed by atoms with Gasteiger partial charge in [0.05, 0.1) is 6.10 Å². The molecule has 2 rings (SSSR count). The lowest BCUT2D eigenvalue weighted by atomic mass is 10.1. The fraction of sp³-hybridized carbons (Fsp3) is 0.583. The smallest absolute Gasteiger partial charge is 0.129 e. The second-order valence-corrected chi connectivity index (χ2v) is 4.56. The van der Waals surface area contributed by atoms with Gasteiger partial charge in [-0.3, -0.25) is 0 Å². The molecule has 2 heterocycles. The predicted octanol–water partition coefficient (Wildman–Crippen LogP) is 2.56. The van der Waals surface area contributed by atoms with E-state index < -0.39 is 0 Å². The Labute approximate surface area is 101 Å². The van der Waals surface area contributed by atoms with E-state index in [0.29, 0.717) is 11.3 Å². The van der Waals surface area contributed by atoms with E-state index in [1.54, 1.807) is 6.20 Å². The number of rotatable bonds is 4. The molecule has 2 unspecified atom stereocenters. The second kappa shape index (κ2) is 5.62. The van der Waals surface area contributed by atoms with Crippen LogP contribution < -0.4 is 5.32 Å². The Hall–Kier alpha value is -0.640. The Morgan fingerprint density at radius 1 is 1.69 bits per heavy atom. The van der Waals surface area contributed by atoms with Gasteiger partial charge in [0, 0.05) is 25.4 Å². The van der Waals surface area contributed by atoms with Crippen LogP contribution in [0.25, 0.3) is 0 Å². The van der Waals surface area contributed by atoms with Crippen LogP contribution in [0.1, 0.15) is 31.4 Å². The Morgan fingerprint density at radius 3 is 3.25 bits per heavy atom. The molecule has 0 aliphatic carbocycles. The van der Waals surface area contributed by atoms with Crippen molar-refractivity contribution >= 4 is 11.6 Å². The molecule has 0 radical (unpaired) electrons. The lowest BCUT2D eigenvalue weighted by molar-refractivity contribution is 0.108. The molecule has 16 heavy (non-hydrogen) atoms. The highest BCUT2D eigenvalue weighted by atomic mass is 35.5. The first kappa shape index (κ1) is 11.8. The van der Waals surface area contributed by atoms with Gasteiger partial charge < -0.3 is 10.1 Å². The zero-order chi connectivity index (χ0) is 11.4. The van der Waals surface area contributed by atoms with Gasteiger partial charge in [0.15, 0.2) is 0 Å². The van der Waals surface area contributed by atoms with Crippen LogP contribution in [0.2, 0.25) is 5.15 Å². The van der Waals surface area contributed by atoms with E-state index in [1.165, 1.54) is 6.42 Å². The molecule has 0 spiro atoms. The summed E-state index contributed by atoms with van der Waals surface area (Å²) in [5, 5.41) is 4.00. The van der Waals surface area contributed by atoms with Crippen LogP contribution in [0, 0.1) is 0 Å². The maximum absolute atomic E-state index is 5.85. The van der Waals surface area contributed by atoms with Crippen LogP contribution >= 0.6 is 11.6 Å². The molecule has 1 aliphatic heterocycles. The monoisotopic (exact) mass is 240 g/mol. The Bertz CT molecular complexity index is 340. The minimum absolute atomic E-state index is 0.282. The van der Waals surface area contributed by atoms with Crippen molar-refractivity contribution in [1.82, 2.24) is 10.3 Å². The van der Waals surface area contributed by atoms with Crippen molar-refractivity contribution in [2.45, 2.75) is 31.9 Å². The summed E-state index contributed by atoms with van der Waals surface area (Å²) in [6, 6.07) is 4.16. The first-order valence-electron chi connectivity index (χ1n) is 5.72. The van der Waals surface area contributed by atoms with Crippen molar-refractivity contribution in [2.75, 3.05) is 13.2 Å². The molecule has 1 aromatic rings. The highest BCUT2D eigenvalue weighted by molar-refractivity contribution is 6.29. The third-order valence-corrected chi connectivity index (χ3v) is 3.13. The maximum atomic E-state index is 5.85. The number of nitrogens with one attached hydrogen (secondary N) is 1. The number of nitrogens with zero attached hydrogens (tertiary/aromatic N) is 1. The number of halogens is 1. The third kappa shape index (κ3) is 3.17. The van der Waals surface area contributed by atoms with Crippen LogP contribution in [0.15, 0.2) is 18.3 Å². The quantitative estimate of drug-likeness (QED) is 0.822. The fourth-order valence-electron chi connectivity index (χ4n) is 1.92. The molecule has 3 nitrogen and oxygen atoms in total. The summed E-state index contributed by atoms with van der Waals surface area (Å²) in [6.45, 7) is 3.93. The highest BCUT2D eigenvalue weighted by Gasteiger charge is 2.16. The van der Waals surface area contributed by atoms with Crippen LogP contribution in [0.5, 0.6) is 0 Å². The van der Waals surface area contributed by atoms with Crippen molar-refractivity contribution in [3.05, 3.63) is 29.0 Å². The molecule has 1 N–H and O–H groups in total. The average molecular weight is 241 g/mol. The third-order valence-electron chi connectivity index (χ3n) is 2.93. The molecule has 1 aromatic heterocycles. The summed E-state index contributed by atoms with van der Waals surface area (Å²) in [5.74, 6) is 0. The van der Waals surface area contributed by atoms with E-state index in [1.807, 2.05) is 12.1 Å². The molecular formula is C12H17ClN2O. The molecule has 1 aliphatic rings. The van der Waals surface area contributed by atoms with Gasteiger partial charge in [0.25, 0.3) is 0 Å². The lowest BCUT2D eigenvalue weighted by Gasteiger charge is -2.17. The largest absolute Gasteiger partial charge is 0.377 e. The Morgan fingerprint density at radius 2 is 2.56 bits per heavy atom. The van der Waals surface area contributed by atoms with E-state index in [0.717, 1.165) is 25.1 Å². The highest BCUT2D eigenvalue weighted by Crippen LogP contribution is 2.16. The zero-order valence-corrected chi connectivity index (χ0v) is 10.2. The summed E-state index contributed by atoms with van der Waals surface area (Å²) >= 11 is 5.85. The van der Waals surface area contributed by atoms with Gasteiger partial charge in [0.1, 0.15) is 5.15 Å². The number of hydrogen-bond donors (Lipinski definition) is 1. The van der Waals surface area contributed by atoms with Crippen molar-refractivity contribution in [3.63, 3.8) is 0 Å². The van der Waals surface area contributed by atoms with E-state index in [2.05, 4.69) is 17.2 Å². The first-order chi connectivity index (χ1) is 7.75. The van der Waals surface area contributed by atoms with Gasteiger partial charge in [0.2, 0.25) is 0 Å². The van der Waals surface area contributed by atoms with Gasteiger partial charge in [-0.2, -0.15) is 0 Å². The normalized spacial score (nSPS) is 22.2. The number of hydrogen-bond acceptors (Lipinski definition) is 3. The summed E-state index contributed by atoms with van der Waals surface area (Å²) in [5.41, 5.74) is 1.16. The fourth-order valence-corrected chi connectivity index (χ4v) is 2.10. The number of aromatic nitrogens is 1. The summed E-state index contributed by atoms with van der Waals surface area (Å²) in [4.78, 5) is 3.97. The van der Waals surface area contributed by atoms with Crippen LogP contribution in [0.3, 0.4) is 0 Å². The van der Waals surface area contributed by atoms with E-state index in [4.69, 9.17) is 16.3 Å². The van der Waals surface area contributed by atoms with Crippen molar-refractivity contribution in [3.8, 4) is 0 Å².